The van der Waals surface area contributed by atoms with Gasteiger partial charge in [0.2, 0.25) is 0 Å². The average molecular weight is 280 g/mol. The minimum absolute atomic E-state index is 0.744. The predicted molar refractivity (Wildman–Crippen MR) is 88.1 cm³/mol. The molecule has 2 heteroatoms. The summed E-state index contributed by atoms with van der Waals surface area (Å²) in [6.45, 7) is 10.9. The van der Waals surface area contributed by atoms with Crippen LogP contribution in [0.15, 0.2) is 0 Å². The minimum Gasteiger partial charge on any atom is -0.311 e. The highest BCUT2D eigenvalue weighted by Gasteiger charge is 2.27. The molecule has 0 radical (unpaired) electrons. The molecule has 1 N–H and O–H groups in total. The second kappa shape index (κ2) is 8.38. The van der Waals surface area contributed by atoms with Gasteiger partial charge in [-0.3, -0.25) is 4.90 Å². The molecule has 4 atom stereocenters. The van der Waals surface area contributed by atoms with Crippen LogP contribution in [0, 0.1) is 11.8 Å². The second-order valence-corrected chi connectivity index (χ2v) is 7.38. The van der Waals surface area contributed by atoms with E-state index in [1.54, 1.807) is 0 Å². The van der Waals surface area contributed by atoms with E-state index >= 15 is 0 Å². The Hall–Kier alpha value is -0.0800. The molecule has 2 fully saturated rings. The lowest BCUT2D eigenvalue weighted by molar-refractivity contribution is 0.109. The predicted octanol–water partition coefficient (Wildman–Crippen LogP) is 4.06. The van der Waals surface area contributed by atoms with Crippen molar-refractivity contribution in [1.82, 2.24) is 10.2 Å². The number of nitrogens with zero attached hydrogens (tertiary/aromatic N) is 1. The molecule has 0 amide bonds. The number of piperazine rings is 1. The first-order chi connectivity index (χ1) is 9.72. The molecule has 1 saturated carbocycles. The molecule has 1 aliphatic carbocycles. The molecule has 1 heterocycles. The summed E-state index contributed by atoms with van der Waals surface area (Å²) in [7, 11) is 0. The minimum atomic E-state index is 0.744. The van der Waals surface area contributed by atoms with Gasteiger partial charge in [0.25, 0.3) is 0 Å². The molecule has 4 unspecified atom stereocenters. The van der Waals surface area contributed by atoms with E-state index in [1.165, 1.54) is 71.0 Å². The van der Waals surface area contributed by atoms with Crippen molar-refractivity contribution in [3.05, 3.63) is 0 Å². The monoisotopic (exact) mass is 280 g/mol. The molecular formula is C18H36N2. The van der Waals surface area contributed by atoms with Crippen LogP contribution in [0.3, 0.4) is 0 Å². The topological polar surface area (TPSA) is 15.3 Å². The summed E-state index contributed by atoms with van der Waals surface area (Å²) in [4.78, 5) is 2.80. The van der Waals surface area contributed by atoms with Gasteiger partial charge in [0.15, 0.2) is 0 Å². The van der Waals surface area contributed by atoms with Crippen molar-refractivity contribution in [3.8, 4) is 0 Å². The van der Waals surface area contributed by atoms with Crippen LogP contribution in [0.25, 0.3) is 0 Å². The average Bonchev–Trinajstić information content (AvgIpc) is 2.46. The van der Waals surface area contributed by atoms with Crippen LogP contribution in [-0.4, -0.2) is 36.6 Å². The van der Waals surface area contributed by atoms with Crippen molar-refractivity contribution in [3.63, 3.8) is 0 Å². The van der Waals surface area contributed by atoms with Gasteiger partial charge in [-0.25, -0.2) is 0 Å². The SMILES string of the molecule is CCCC1CN(CCC2CCCC(C)C2)C(CC)CN1. The van der Waals surface area contributed by atoms with Crippen molar-refractivity contribution < 1.29 is 0 Å². The Balaban J connectivity index is 1.78. The van der Waals surface area contributed by atoms with Gasteiger partial charge >= 0.3 is 0 Å². The quantitative estimate of drug-likeness (QED) is 0.789. The number of nitrogens with one attached hydrogen (secondary N) is 1. The van der Waals surface area contributed by atoms with Crippen molar-refractivity contribution in [1.29, 1.82) is 0 Å². The highest BCUT2D eigenvalue weighted by molar-refractivity contribution is 4.86. The fourth-order valence-corrected chi connectivity index (χ4v) is 4.32. The van der Waals surface area contributed by atoms with E-state index in [1.807, 2.05) is 0 Å². The maximum Gasteiger partial charge on any atom is 0.0218 e. The molecule has 0 spiro atoms. The van der Waals surface area contributed by atoms with E-state index in [2.05, 4.69) is 31.0 Å². The zero-order valence-corrected chi connectivity index (χ0v) is 14.0. The van der Waals surface area contributed by atoms with Crippen molar-refractivity contribution in [2.45, 2.75) is 84.2 Å². The van der Waals surface area contributed by atoms with Crippen LogP contribution in [0.2, 0.25) is 0 Å². The third kappa shape index (κ3) is 4.73. The van der Waals surface area contributed by atoms with E-state index in [-0.39, 0.29) is 0 Å². The van der Waals surface area contributed by atoms with E-state index in [0.29, 0.717) is 0 Å². The summed E-state index contributed by atoms with van der Waals surface area (Å²) >= 11 is 0. The van der Waals surface area contributed by atoms with Gasteiger partial charge in [0, 0.05) is 25.2 Å². The first-order valence-corrected chi connectivity index (χ1v) is 9.20. The Morgan fingerprint density at radius 1 is 1.15 bits per heavy atom. The van der Waals surface area contributed by atoms with Gasteiger partial charge in [0.05, 0.1) is 0 Å². The summed E-state index contributed by atoms with van der Waals surface area (Å²) in [5.74, 6) is 1.99. The summed E-state index contributed by atoms with van der Waals surface area (Å²) in [5, 5.41) is 3.75. The van der Waals surface area contributed by atoms with Crippen LogP contribution in [-0.2, 0) is 0 Å². The largest absolute Gasteiger partial charge is 0.311 e. The number of hydrogen-bond donors (Lipinski definition) is 1. The molecule has 0 bridgehead atoms. The molecule has 0 aromatic carbocycles. The molecule has 0 aromatic heterocycles. The zero-order valence-electron chi connectivity index (χ0n) is 14.0. The van der Waals surface area contributed by atoms with Gasteiger partial charge in [-0.05, 0) is 44.1 Å². The molecule has 1 aliphatic heterocycles. The molecule has 20 heavy (non-hydrogen) atoms. The molecule has 2 aliphatic rings. The summed E-state index contributed by atoms with van der Waals surface area (Å²) < 4.78 is 0. The van der Waals surface area contributed by atoms with E-state index in [9.17, 15) is 0 Å². The first kappa shape index (κ1) is 16.3. The van der Waals surface area contributed by atoms with Crippen molar-refractivity contribution >= 4 is 0 Å². The lowest BCUT2D eigenvalue weighted by Crippen LogP contribution is -2.56. The van der Waals surface area contributed by atoms with Crippen LogP contribution in [0.5, 0.6) is 0 Å². The van der Waals surface area contributed by atoms with Gasteiger partial charge < -0.3 is 5.32 Å². The van der Waals surface area contributed by atoms with Crippen LogP contribution in [0.4, 0.5) is 0 Å². The summed E-state index contributed by atoms with van der Waals surface area (Å²) in [6, 6.07) is 1.53. The zero-order chi connectivity index (χ0) is 14.4. The fourth-order valence-electron chi connectivity index (χ4n) is 4.32. The fraction of sp³-hybridized carbons (Fsp3) is 1.00. The maximum atomic E-state index is 3.75. The smallest absolute Gasteiger partial charge is 0.0218 e. The van der Waals surface area contributed by atoms with E-state index in [0.717, 1.165) is 23.9 Å². The Morgan fingerprint density at radius 2 is 2.00 bits per heavy atom. The molecule has 0 aromatic rings. The number of hydrogen-bond acceptors (Lipinski definition) is 2. The van der Waals surface area contributed by atoms with Crippen LogP contribution < -0.4 is 5.32 Å². The molecule has 2 nitrogen and oxygen atoms in total. The van der Waals surface area contributed by atoms with Crippen LogP contribution in [0.1, 0.15) is 72.1 Å². The molecule has 1 saturated heterocycles. The summed E-state index contributed by atoms with van der Waals surface area (Å²) in [5.41, 5.74) is 0. The Morgan fingerprint density at radius 3 is 2.70 bits per heavy atom. The Labute approximate surface area is 126 Å². The van der Waals surface area contributed by atoms with Gasteiger partial charge in [0.1, 0.15) is 0 Å². The normalized spacial score (nSPS) is 36.1. The molecule has 118 valence electrons. The number of rotatable bonds is 6. The van der Waals surface area contributed by atoms with E-state index in [4.69, 9.17) is 0 Å². The van der Waals surface area contributed by atoms with Crippen molar-refractivity contribution in [2.75, 3.05) is 19.6 Å². The highest BCUT2D eigenvalue weighted by atomic mass is 15.2. The Kier molecular flexibility index (Phi) is 6.83. The third-order valence-corrected chi connectivity index (χ3v) is 5.59. The van der Waals surface area contributed by atoms with Crippen molar-refractivity contribution in [2.24, 2.45) is 11.8 Å². The lowest BCUT2D eigenvalue weighted by atomic mass is 9.80. The molecular weight excluding hydrogens is 244 g/mol. The second-order valence-electron chi connectivity index (χ2n) is 7.38. The maximum absolute atomic E-state index is 3.75. The highest BCUT2D eigenvalue weighted by Crippen LogP contribution is 2.31. The first-order valence-electron chi connectivity index (χ1n) is 9.20. The standard InChI is InChI=1S/C18H36N2/c1-4-7-17-14-20(18(5-2)13-19-17)11-10-16-9-6-8-15(3)12-16/h15-19H,4-14H2,1-3H3. The lowest BCUT2D eigenvalue weighted by Gasteiger charge is -2.41. The van der Waals surface area contributed by atoms with Gasteiger partial charge in [-0.2, -0.15) is 0 Å². The van der Waals surface area contributed by atoms with Gasteiger partial charge in [-0.1, -0.05) is 46.5 Å². The van der Waals surface area contributed by atoms with Crippen LogP contribution >= 0.6 is 0 Å². The summed E-state index contributed by atoms with van der Waals surface area (Å²) in [6.07, 6.45) is 11.3. The molecule has 2 rings (SSSR count). The van der Waals surface area contributed by atoms with Gasteiger partial charge in [-0.15, -0.1) is 0 Å². The Bertz CT molecular complexity index is 266. The third-order valence-electron chi connectivity index (χ3n) is 5.59. The van der Waals surface area contributed by atoms with E-state index < -0.39 is 0 Å².